The lowest BCUT2D eigenvalue weighted by Gasteiger charge is -2.29. The van der Waals surface area contributed by atoms with Crippen molar-refractivity contribution in [1.29, 1.82) is 0 Å². The first-order chi connectivity index (χ1) is 19.6. The molecule has 4 aromatic rings. The van der Waals surface area contributed by atoms with Gasteiger partial charge in [0.05, 0.1) is 23.6 Å². The summed E-state index contributed by atoms with van der Waals surface area (Å²) in [5, 5.41) is 13.2. The zero-order valence-electron chi connectivity index (χ0n) is 23.8. The summed E-state index contributed by atoms with van der Waals surface area (Å²) in [5.41, 5.74) is 2.47. The van der Waals surface area contributed by atoms with Crippen LogP contribution in [0.15, 0.2) is 47.4 Å². The molecule has 0 saturated carbocycles. The predicted molar refractivity (Wildman–Crippen MR) is 154 cm³/mol. The fraction of sp³-hybridized carbons (Fsp3) is 0.379. The van der Waals surface area contributed by atoms with E-state index in [0.29, 0.717) is 39.8 Å². The minimum Gasteiger partial charge on any atom is -0.368 e. The van der Waals surface area contributed by atoms with Crippen LogP contribution >= 0.6 is 0 Å². The van der Waals surface area contributed by atoms with Crippen molar-refractivity contribution in [3.05, 3.63) is 71.5 Å². The van der Waals surface area contributed by atoms with Gasteiger partial charge in [-0.05, 0) is 43.2 Å². The summed E-state index contributed by atoms with van der Waals surface area (Å²) in [6.45, 7) is 13.0. The maximum Gasteiger partial charge on any atom is 0.315 e. The zero-order chi connectivity index (χ0) is 29.1. The number of hydrogen-bond acceptors (Lipinski definition) is 10. The molecule has 12 heteroatoms. The largest absolute Gasteiger partial charge is 0.368 e. The number of amides is 1. The number of rotatable bonds is 7. The maximum absolute atomic E-state index is 15.6. The summed E-state index contributed by atoms with van der Waals surface area (Å²) in [4.78, 5) is 32.3. The molecule has 0 unspecified atom stereocenters. The van der Waals surface area contributed by atoms with Gasteiger partial charge in [-0.15, -0.1) is 0 Å². The Morgan fingerprint density at radius 1 is 1.10 bits per heavy atom. The minimum absolute atomic E-state index is 0.134. The highest BCUT2D eigenvalue weighted by Crippen LogP contribution is 2.30. The number of carbonyl (C=O) groups is 1. The molecule has 1 amide bonds. The third-order valence-electron chi connectivity index (χ3n) is 6.96. The second kappa shape index (κ2) is 11.6. The lowest BCUT2D eigenvalue weighted by Crippen LogP contribution is -2.43. The molecular weight excluding hydrogens is 525 g/mol. The van der Waals surface area contributed by atoms with Crippen LogP contribution in [0.4, 0.5) is 21.7 Å². The van der Waals surface area contributed by atoms with E-state index in [-0.39, 0.29) is 11.3 Å². The van der Waals surface area contributed by atoms with Crippen LogP contribution in [-0.4, -0.2) is 57.2 Å². The van der Waals surface area contributed by atoms with E-state index in [0.717, 1.165) is 31.9 Å². The number of carbonyl (C=O) groups excluding carboxylic acids is 1. The Labute approximate surface area is 238 Å². The van der Waals surface area contributed by atoms with Crippen LogP contribution in [0.5, 0.6) is 0 Å². The van der Waals surface area contributed by atoms with Crippen molar-refractivity contribution >= 4 is 23.2 Å². The molecule has 1 aliphatic rings. The Morgan fingerprint density at radius 3 is 2.56 bits per heavy atom. The smallest absolute Gasteiger partial charge is 0.315 e. The monoisotopic (exact) mass is 559 g/mol. The van der Waals surface area contributed by atoms with E-state index >= 15 is 4.39 Å². The summed E-state index contributed by atoms with van der Waals surface area (Å²) < 4.78 is 20.8. The lowest BCUT2D eigenvalue weighted by molar-refractivity contribution is 0.0895. The summed E-state index contributed by atoms with van der Waals surface area (Å²) in [6, 6.07) is 8.51. The average molecular weight is 560 g/mol. The number of halogens is 1. The normalized spacial score (nSPS) is 14.5. The standard InChI is InChI=1S/C29H34FN9O2/c1-17-20(18(2)35-26(40)27-37-28(38-41-27)29(3,4)5)7-8-21(25(17)30)22-14-24(34-16-33-22)36-23-9-6-19(15-32-23)39-12-10-31-11-13-39/h6-9,14-16,18,31H,10-13H2,1-5H3,(H,35,40)(H,32,33,34,36)/t18-/m1/s1. The molecule has 3 aromatic heterocycles. The first-order valence-corrected chi connectivity index (χ1v) is 13.6. The van der Waals surface area contributed by atoms with Crippen molar-refractivity contribution in [2.45, 2.75) is 46.1 Å². The van der Waals surface area contributed by atoms with E-state index in [1.54, 1.807) is 32.0 Å². The van der Waals surface area contributed by atoms with E-state index in [9.17, 15) is 4.79 Å². The quantitative estimate of drug-likeness (QED) is 0.301. The van der Waals surface area contributed by atoms with Gasteiger partial charge in [0.2, 0.25) is 0 Å². The molecule has 3 N–H and O–H groups in total. The molecule has 0 spiro atoms. The van der Waals surface area contributed by atoms with Crippen molar-refractivity contribution in [3.8, 4) is 11.3 Å². The molecule has 0 radical (unpaired) electrons. The Morgan fingerprint density at radius 2 is 1.88 bits per heavy atom. The van der Waals surface area contributed by atoms with Crippen LogP contribution in [0.1, 0.15) is 61.4 Å². The van der Waals surface area contributed by atoms with E-state index < -0.39 is 17.8 Å². The highest BCUT2D eigenvalue weighted by atomic mass is 19.1. The summed E-state index contributed by atoms with van der Waals surface area (Å²) in [5.74, 6) is 0.466. The fourth-order valence-electron chi connectivity index (χ4n) is 4.60. The molecule has 1 aliphatic heterocycles. The van der Waals surface area contributed by atoms with Crippen molar-refractivity contribution in [3.63, 3.8) is 0 Å². The van der Waals surface area contributed by atoms with Crippen molar-refractivity contribution in [1.82, 2.24) is 35.7 Å². The SMILES string of the molecule is Cc1c([C@@H](C)NC(=O)c2nc(C(C)(C)C)no2)ccc(-c2cc(Nc3ccc(N4CCNCC4)cn3)ncn2)c1F. The van der Waals surface area contributed by atoms with Gasteiger partial charge in [-0.1, -0.05) is 32.0 Å². The highest BCUT2D eigenvalue weighted by molar-refractivity contribution is 5.89. The molecule has 11 nitrogen and oxygen atoms in total. The Bertz CT molecular complexity index is 1530. The molecular formula is C29H34FN9O2. The summed E-state index contributed by atoms with van der Waals surface area (Å²) in [7, 11) is 0. The van der Waals surface area contributed by atoms with Gasteiger partial charge in [0.1, 0.15) is 23.8 Å². The van der Waals surface area contributed by atoms with Gasteiger partial charge < -0.3 is 25.4 Å². The van der Waals surface area contributed by atoms with E-state index in [2.05, 4.69) is 45.9 Å². The Kier molecular flexibility index (Phi) is 7.93. The molecule has 41 heavy (non-hydrogen) atoms. The van der Waals surface area contributed by atoms with E-state index in [1.165, 1.54) is 6.33 Å². The number of piperazine rings is 1. The van der Waals surface area contributed by atoms with Crippen molar-refractivity contribution < 1.29 is 13.7 Å². The third kappa shape index (κ3) is 6.32. The highest BCUT2D eigenvalue weighted by Gasteiger charge is 2.25. The number of nitrogens with zero attached hydrogens (tertiary/aromatic N) is 6. The van der Waals surface area contributed by atoms with Gasteiger partial charge in [-0.25, -0.2) is 19.3 Å². The van der Waals surface area contributed by atoms with Crippen LogP contribution in [0.25, 0.3) is 11.3 Å². The number of benzene rings is 1. The van der Waals surface area contributed by atoms with Gasteiger partial charge in [-0.2, -0.15) is 4.98 Å². The Balaban J connectivity index is 1.29. The first kappa shape index (κ1) is 28.1. The molecule has 1 aromatic carbocycles. The molecule has 0 aliphatic carbocycles. The lowest BCUT2D eigenvalue weighted by atomic mass is 9.96. The fourth-order valence-corrected chi connectivity index (χ4v) is 4.60. The molecule has 1 fully saturated rings. The van der Waals surface area contributed by atoms with Crippen LogP contribution in [0.2, 0.25) is 0 Å². The maximum atomic E-state index is 15.6. The van der Waals surface area contributed by atoms with Crippen molar-refractivity contribution in [2.24, 2.45) is 0 Å². The zero-order valence-corrected chi connectivity index (χ0v) is 23.8. The van der Waals surface area contributed by atoms with Gasteiger partial charge in [0.25, 0.3) is 0 Å². The third-order valence-corrected chi connectivity index (χ3v) is 6.96. The minimum atomic E-state index is -0.523. The van der Waals surface area contributed by atoms with Crippen LogP contribution < -0.4 is 20.9 Å². The average Bonchev–Trinajstić information content (AvgIpc) is 3.47. The molecule has 1 saturated heterocycles. The summed E-state index contributed by atoms with van der Waals surface area (Å²) in [6.07, 6.45) is 3.22. The number of hydrogen-bond donors (Lipinski definition) is 3. The second-order valence-electron chi connectivity index (χ2n) is 11.1. The van der Waals surface area contributed by atoms with Gasteiger partial charge >= 0.3 is 11.8 Å². The van der Waals surface area contributed by atoms with Gasteiger partial charge in [0, 0.05) is 43.2 Å². The van der Waals surface area contributed by atoms with E-state index in [4.69, 9.17) is 4.52 Å². The van der Waals surface area contributed by atoms with Gasteiger partial charge in [0.15, 0.2) is 5.82 Å². The molecule has 5 rings (SSSR count). The van der Waals surface area contributed by atoms with Gasteiger partial charge in [-0.3, -0.25) is 4.79 Å². The van der Waals surface area contributed by atoms with Crippen LogP contribution in [0, 0.1) is 12.7 Å². The van der Waals surface area contributed by atoms with Crippen molar-refractivity contribution in [2.75, 3.05) is 36.4 Å². The Hall–Kier alpha value is -4.45. The van der Waals surface area contributed by atoms with Crippen LogP contribution in [0.3, 0.4) is 0 Å². The molecule has 1 atom stereocenters. The molecule has 4 heterocycles. The number of aromatic nitrogens is 5. The number of nitrogens with one attached hydrogen (secondary N) is 3. The topological polar surface area (TPSA) is 134 Å². The molecule has 0 bridgehead atoms. The van der Waals surface area contributed by atoms with Crippen LogP contribution in [-0.2, 0) is 5.41 Å². The number of pyridine rings is 1. The number of anilines is 3. The summed E-state index contributed by atoms with van der Waals surface area (Å²) >= 11 is 0. The second-order valence-corrected chi connectivity index (χ2v) is 11.1. The predicted octanol–water partition coefficient (Wildman–Crippen LogP) is 4.31. The first-order valence-electron chi connectivity index (χ1n) is 13.6. The molecule has 214 valence electrons. The van der Waals surface area contributed by atoms with E-state index in [1.807, 2.05) is 39.1 Å².